The first-order valence-electron chi connectivity index (χ1n) is 11.7. The highest BCUT2D eigenvalue weighted by Gasteiger charge is 2.26. The fourth-order valence-electron chi connectivity index (χ4n) is 4.25. The maximum absolute atomic E-state index is 12.6. The highest BCUT2D eigenvalue weighted by Crippen LogP contribution is 2.19. The number of aromatic nitrogens is 2. The zero-order valence-corrected chi connectivity index (χ0v) is 20.8. The average molecular weight is 502 g/mol. The first kappa shape index (κ1) is 24.9. The van der Waals surface area contributed by atoms with Crippen LogP contribution in [-0.4, -0.2) is 91.0 Å². The van der Waals surface area contributed by atoms with Gasteiger partial charge in [0.25, 0.3) is 5.91 Å². The van der Waals surface area contributed by atoms with Crippen molar-refractivity contribution in [3.63, 3.8) is 0 Å². The molecule has 0 bridgehead atoms. The summed E-state index contributed by atoms with van der Waals surface area (Å²) in [6.07, 6.45) is 4.09. The molecule has 2 amide bonds. The van der Waals surface area contributed by atoms with Crippen LogP contribution in [0.3, 0.4) is 0 Å². The Bertz CT molecular complexity index is 1160. The summed E-state index contributed by atoms with van der Waals surface area (Å²) in [5.74, 6) is 1.15. The smallest absolute Gasteiger partial charge is 0.251 e. The van der Waals surface area contributed by atoms with Gasteiger partial charge in [0.15, 0.2) is 0 Å². The van der Waals surface area contributed by atoms with E-state index < -0.39 is 10.0 Å². The molecule has 35 heavy (non-hydrogen) atoms. The van der Waals surface area contributed by atoms with Crippen molar-refractivity contribution in [1.29, 1.82) is 0 Å². The van der Waals surface area contributed by atoms with E-state index in [9.17, 15) is 18.0 Å². The van der Waals surface area contributed by atoms with E-state index in [2.05, 4.69) is 25.5 Å². The lowest BCUT2D eigenvalue weighted by atomic mass is 10.1. The SMILES string of the molecule is CC(=O)N1CCN(c2nccc(Nc3ccc(C(=O)NC4CCN(S(C)(=O)=O)CC4)cc3)n2)CC1. The molecule has 2 aliphatic rings. The van der Waals surface area contributed by atoms with Gasteiger partial charge >= 0.3 is 0 Å². The minimum atomic E-state index is -3.19. The molecule has 0 aliphatic carbocycles. The molecular weight excluding hydrogens is 470 g/mol. The summed E-state index contributed by atoms with van der Waals surface area (Å²) < 4.78 is 24.7. The van der Waals surface area contributed by atoms with Crippen LogP contribution in [0.2, 0.25) is 0 Å². The summed E-state index contributed by atoms with van der Waals surface area (Å²) >= 11 is 0. The van der Waals surface area contributed by atoms with Crippen LogP contribution in [0, 0.1) is 0 Å². The molecule has 0 saturated carbocycles. The zero-order chi connectivity index (χ0) is 25.0. The Morgan fingerprint density at radius 3 is 2.23 bits per heavy atom. The van der Waals surface area contributed by atoms with Gasteiger partial charge in [0.05, 0.1) is 6.26 Å². The number of rotatable bonds is 6. The summed E-state index contributed by atoms with van der Waals surface area (Å²) in [7, 11) is -3.19. The molecule has 1 aromatic carbocycles. The topological polar surface area (TPSA) is 128 Å². The van der Waals surface area contributed by atoms with Gasteiger partial charge < -0.3 is 20.4 Å². The predicted molar refractivity (Wildman–Crippen MR) is 133 cm³/mol. The fraction of sp³-hybridized carbons (Fsp3) is 0.478. The van der Waals surface area contributed by atoms with Gasteiger partial charge in [-0.2, -0.15) is 4.98 Å². The third-order valence-electron chi connectivity index (χ3n) is 6.33. The molecule has 2 fully saturated rings. The second-order valence-electron chi connectivity index (χ2n) is 8.85. The molecule has 2 saturated heterocycles. The number of hydrogen-bond donors (Lipinski definition) is 2. The number of amides is 2. The van der Waals surface area contributed by atoms with Crippen molar-refractivity contribution in [3.05, 3.63) is 42.1 Å². The van der Waals surface area contributed by atoms with Gasteiger partial charge in [-0.25, -0.2) is 17.7 Å². The summed E-state index contributed by atoms with van der Waals surface area (Å²) in [6.45, 7) is 5.07. The third-order valence-corrected chi connectivity index (χ3v) is 7.63. The number of piperazine rings is 1. The van der Waals surface area contributed by atoms with Crippen LogP contribution < -0.4 is 15.5 Å². The van der Waals surface area contributed by atoms with Crippen LogP contribution >= 0.6 is 0 Å². The minimum absolute atomic E-state index is 0.0462. The van der Waals surface area contributed by atoms with Gasteiger partial charge in [-0.1, -0.05) is 0 Å². The largest absolute Gasteiger partial charge is 0.349 e. The van der Waals surface area contributed by atoms with Crippen molar-refractivity contribution in [2.24, 2.45) is 0 Å². The summed E-state index contributed by atoms with van der Waals surface area (Å²) in [5.41, 5.74) is 1.32. The van der Waals surface area contributed by atoms with Gasteiger partial charge in [0.2, 0.25) is 21.9 Å². The lowest BCUT2D eigenvalue weighted by Gasteiger charge is -2.34. The maximum Gasteiger partial charge on any atom is 0.251 e. The maximum atomic E-state index is 12.6. The Balaban J connectivity index is 1.30. The number of anilines is 3. The summed E-state index contributed by atoms with van der Waals surface area (Å²) in [6, 6.07) is 8.84. The summed E-state index contributed by atoms with van der Waals surface area (Å²) in [4.78, 5) is 37.0. The molecule has 0 spiro atoms. The highest BCUT2D eigenvalue weighted by atomic mass is 32.2. The van der Waals surface area contributed by atoms with Crippen molar-refractivity contribution in [1.82, 2.24) is 24.5 Å². The predicted octanol–water partition coefficient (Wildman–Crippen LogP) is 1.04. The molecule has 0 radical (unpaired) electrons. The monoisotopic (exact) mass is 501 g/mol. The second-order valence-corrected chi connectivity index (χ2v) is 10.8. The quantitative estimate of drug-likeness (QED) is 0.601. The third kappa shape index (κ3) is 6.45. The second kappa shape index (κ2) is 10.6. The Labute approximate surface area is 205 Å². The number of nitrogens with one attached hydrogen (secondary N) is 2. The number of benzene rings is 1. The van der Waals surface area contributed by atoms with Crippen molar-refractivity contribution < 1.29 is 18.0 Å². The van der Waals surface area contributed by atoms with Crippen molar-refractivity contribution in [2.45, 2.75) is 25.8 Å². The van der Waals surface area contributed by atoms with E-state index in [0.29, 0.717) is 69.4 Å². The number of carbonyl (C=O) groups excluding carboxylic acids is 2. The highest BCUT2D eigenvalue weighted by molar-refractivity contribution is 7.88. The average Bonchev–Trinajstić information content (AvgIpc) is 2.84. The Morgan fingerprint density at radius 2 is 1.63 bits per heavy atom. The van der Waals surface area contributed by atoms with E-state index in [4.69, 9.17) is 0 Å². The number of hydrogen-bond acceptors (Lipinski definition) is 8. The Hall–Kier alpha value is -3.25. The van der Waals surface area contributed by atoms with E-state index in [1.165, 1.54) is 10.6 Å². The molecule has 0 unspecified atom stereocenters. The first-order valence-corrected chi connectivity index (χ1v) is 13.5. The van der Waals surface area contributed by atoms with Crippen LogP contribution in [0.5, 0.6) is 0 Å². The lowest BCUT2D eigenvalue weighted by molar-refractivity contribution is -0.129. The van der Waals surface area contributed by atoms with Crippen molar-refractivity contribution in [3.8, 4) is 0 Å². The molecule has 1 aromatic heterocycles. The Kier molecular flexibility index (Phi) is 7.51. The standard InChI is InChI=1S/C23H31N7O4S/c1-17(31)28-13-15-29(16-14-28)23-24-10-7-21(27-23)25-19-5-3-18(4-6-19)22(32)26-20-8-11-30(12-9-20)35(2,33)34/h3-7,10,20H,8-9,11-16H2,1-2H3,(H,26,32)(H,24,25,27). The van der Waals surface area contributed by atoms with Gasteiger partial charge in [0.1, 0.15) is 5.82 Å². The van der Waals surface area contributed by atoms with Crippen LogP contribution in [-0.2, 0) is 14.8 Å². The van der Waals surface area contributed by atoms with Gasteiger partial charge in [0, 0.05) is 69.7 Å². The van der Waals surface area contributed by atoms with E-state index >= 15 is 0 Å². The van der Waals surface area contributed by atoms with Crippen LogP contribution in [0.4, 0.5) is 17.5 Å². The summed E-state index contributed by atoms with van der Waals surface area (Å²) in [5, 5.41) is 6.24. The van der Waals surface area contributed by atoms with Crippen LogP contribution in [0.15, 0.2) is 36.5 Å². The fourth-order valence-corrected chi connectivity index (χ4v) is 5.12. The molecule has 11 nitrogen and oxygen atoms in total. The normalized spacial score (nSPS) is 17.8. The van der Waals surface area contributed by atoms with Crippen LogP contribution in [0.25, 0.3) is 0 Å². The van der Waals surface area contributed by atoms with E-state index in [1.54, 1.807) is 31.3 Å². The Morgan fingerprint density at radius 1 is 0.971 bits per heavy atom. The number of piperidine rings is 1. The molecule has 0 atom stereocenters. The lowest BCUT2D eigenvalue weighted by Crippen LogP contribution is -2.48. The molecule has 2 aliphatic heterocycles. The van der Waals surface area contributed by atoms with Gasteiger partial charge in [-0.05, 0) is 43.2 Å². The van der Waals surface area contributed by atoms with E-state index in [0.717, 1.165) is 5.69 Å². The minimum Gasteiger partial charge on any atom is -0.349 e. The molecule has 12 heteroatoms. The molecule has 2 N–H and O–H groups in total. The zero-order valence-electron chi connectivity index (χ0n) is 20.0. The first-order chi connectivity index (χ1) is 16.7. The molecule has 188 valence electrons. The molecule has 3 heterocycles. The molecular formula is C23H31N7O4S. The van der Waals surface area contributed by atoms with E-state index in [-0.39, 0.29) is 17.9 Å². The van der Waals surface area contributed by atoms with Crippen molar-refractivity contribution >= 4 is 39.3 Å². The van der Waals surface area contributed by atoms with Crippen LogP contribution in [0.1, 0.15) is 30.1 Å². The number of carbonyl (C=O) groups is 2. The van der Waals surface area contributed by atoms with Gasteiger partial charge in [-0.3, -0.25) is 9.59 Å². The molecule has 4 rings (SSSR count). The van der Waals surface area contributed by atoms with E-state index in [1.807, 2.05) is 17.0 Å². The van der Waals surface area contributed by atoms with Crippen molar-refractivity contribution in [2.75, 3.05) is 55.7 Å². The molecule has 2 aromatic rings. The number of sulfonamides is 1. The number of nitrogens with zero attached hydrogens (tertiary/aromatic N) is 5. The van der Waals surface area contributed by atoms with Gasteiger partial charge in [-0.15, -0.1) is 0 Å².